The quantitative estimate of drug-likeness (QED) is 0.646. The average molecular weight is 285 g/mol. The summed E-state index contributed by atoms with van der Waals surface area (Å²) < 4.78 is 21.0. The lowest BCUT2D eigenvalue weighted by atomic mass is 10.2. The van der Waals surface area contributed by atoms with Crippen LogP contribution in [0.4, 0.5) is 0 Å². The maximum atomic E-state index is 11.0. The van der Waals surface area contributed by atoms with Crippen LogP contribution in [0.5, 0.6) is 17.2 Å². The third-order valence-electron chi connectivity index (χ3n) is 2.44. The minimum Gasteiger partial charge on any atom is -0.493 e. The predicted octanol–water partition coefficient (Wildman–Crippen LogP) is 0.756. The standard InChI is InChI=1S/C13H19NO6/c1-17-10-7-9(13(15)16)8-11(18-2)12(10)20-6-5-19-4-3-14/h7-8H,3-6,14H2,1-2H3,(H,15,16). The smallest absolute Gasteiger partial charge is 0.335 e. The SMILES string of the molecule is COc1cc(C(=O)O)cc(OC)c1OCCOCCN. The van der Waals surface area contributed by atoms with Crippen molar-refractivity contribution in [2.24, 2.45) is 5.73 Å². The number of nitrogens with two attached hydrogens (primary N) is 1. The first-order valence-corrected chi connectivity index (χ1v) is 6.04. The Morgan fingerprint density at radius 3 is 2.20 bits per heavy atom. The molecule has 0 aromatic heterocycles. The lowest BCUT2D eigenvalue weighted by Gasteiger charge is -2.15. The van der Waals surface area contributed by atoms with Crippen LogP contribution < -0.4 is 19.9 Å². The van der Waals surface area contributed by atoms with Gasteiger partial charge in [0.25, 0.3) is 0 Å². The third kappa shape index (κ3) is 4.29. The third-order valence-corrected chi connectivity index (χ3v) is 2.44. The summed E-state index contributed by atoms with van der Waals surface area (Å²) in [6, 6.07) is 2.75. The van der Waals surface area contributed by atoms with Crippen LogP contribution in [0.25, 0.3) is 0 Å². The van der Waals surface area contributed by atoms with Crippen molar-refractivity contribution in [2.45, 2.75) is 0 Å². The average Bonchev–Trinajstić information content (AvgIpc) is 2.46. The van der Waals surface area contributed by atoms with Gasteiger partial charge in [0.1, 0.15) is 6.61 Å². The zero-order chi connectivity index (χ0) is 15.0. The molecule has 3 N–H and O–H groups in total. The highest BCUT2D eigenvalue weighted by molar-refractivity contribution is 5.89. The lowest BCUT2D eigenvalue weighted by molar-refractivity contribution is 0.0695. The van der Waals surface area contributed by atoms with E-state index in [2.05, 4.69) is 0 Å². The van der Waals surface area contributed by atoms with Crippen molar-refractivity contribution in [3.63, 3.8) is 0 Å². The molecule has 112 valence electrons. The summed E-state index contributed by atoms with van der Waals surface area (Å²) in [5.74, 6) is -0.142. The molecule has 0 amide bonds. The number of benzene rings is 1. The summed E-state index contributed by atoms with van der Waals surface area (Å²) in [5, 5.41) is 9.01. The molecule has 0 bridgehead atoms. The van der Waals surface area contributed by atoms with Crippen molar-refractivity contribution >= 4 is 5.97 Å². The molecule has 1 aromatic rings. The van der Waals surface area contributed by atoms with Gasteiger partial charge in [-0.2, -0.15) is 0 Å². The van der Waals surface area contributed by atoms with Gasteiger partial charge in [0.2, 0.25) is 5.75 Å². The molecule has 0 spiro atoms. The summed E-state index contributed by atoms with van der Waals surface area (Å²) in [4.78, 5) is 11.0. The van der Waals surface area contributed by atoms with Gasteiger partial charge in [-0.05, 0) is 12.1 Å². The van der Waals surface area contributed by atoms with Gasteiger partial charge in [-0.1, -0.05) is 0 Å². The fourth-order valence-corrected chi connectivity index (χ4v) is 1.53. The number of carboxylic acid groups (broad SMARTS) is 1. The Bertz CT molecular complexity index is 423. The van der Waals surface area contributed by atoms with Crippen molar-refractivity contribution in [1.82, 2.24) is 0 Å². The van der Waals surface area contributed by atoms with Gasteiger partial charge in [-0.3, -0.25) is 0 Å². The summed E-state index contributed by atoms with van der Waals surface area (Å²) in [7, 11) is 2.86. The minimum absolute atomic E-state index is 0.0606. The van der Waals surface area contributed by atoms with E-state index in [1.165, 1.54) is 26.4 Å². The van der Waals surface area contributed by atoms with Crippen molar-refractivity contribution in [3.8, 4) is 17.2 Å². The van der Waals surface area contributed by atoms with Crippen molar-refractivity contribution in [1.29, 1.82) is 0 Å². The Balaban J connectivity index is 2.84. The van der Waals surface area contributed by atoms with E-state index in [9.17, 15) is 4.79 Å². The number of carboxylic acids is 1. The Hall–Kier alpha value is -1.99. The second-order valence-corrected chi connectivity index (χ2v) is 3.76. The molecule has 1 aromatic carbocycles. The maximum Gasteiger partial charge on any atom is 0.335 e. The first-order chi connectivity index (χ1) is 9.63. The molecular formula is C13H19NO6. The molecule has 0 saturated heterocycles. The highest BCUT2D eigenvalue weighted by Gasteiger charge is 2.17. The monoisotopic (exact) mass is 285 g/mol. The topological polar surface area (TPSA) is 100 Å². The Morgan fingerprint density at radius 2 is 1.75 bits per heavy atom. The van der Waals surface area contributed by atoms with E-state index in [-0.39, 0.29) is 12.2 Å². The molecule has 0 atom stereocenters. The molecule has 7 nitrogen and oxygen atoms in total. The largest absolute Gasteiger partial charge is 0.493 e. The minimum atomic E-state index is -1.07. The predicted molar refractivity (Wildman–Crippen MR) is 71.9 cm³/mol. The van der Waals surface area contributed by atoms with Gasteiger partial charge in [0.15, 0.2) is 11.5 Å². The van der Waals surface area contributed by atoms with E-state index < -0.39 is 5.97 Å². The van der Waals surface area contributed by atoms with E-state index >= 15 is 0 Å². The van der Waals surface area contributed by atoms with E-state index in [0.29, 0.717) is 37.0 Å². The van der Waals surface area contributed by atoms with Crippen molar-refractivity contribution < 1.29 is 28.8 Å². The van der Waals surface area contributed by atoms with E-state index in [4.69, 9.17) is 29.8 Å². The summed E-state index contributed by atoms with van der Waals surface area (Å²) in [6.07, 6.45) is 0. The van der Waals surface area contributed by atoms with Crippen LogP contribution in [0.15, 0.2) is 12.1 Å². The Morgan fingerprint density at radius 1 is 1.15 bits per heavy atom. The fraction of sp³-hybridized carbons (Fsp3) is 0.462. The number of methoxy groups -OCH3 is 2. The number of carbonyl (C=O) groups is 1. The molecular weight excluding hydrogens is 266 g/mol. The lowest BCUT2D eigenvalue weighted by Crippen LogP contribution is -2.13. The van der Waals surface area contributed by atoms with Crippen LogP contribution in [-0.2, 0) is 4.74 Å². The van der Waals surface area contributed by atoms with Crippen LogP contribution in [0.1, 0.15) is 10.4 Å². The normalized spacial score (nSPS) is 10.2. The molecule has 0 radical (unpaired) electrons. The molecule has 0 aliphatic carbocycles. The number of aromatic carboxylic acids is 1. The van der Waals surface area contributed by atoms with Gasteiger partial charge in [-0.25, -0.2) is 4.79 Å². The van der Waals surface area contributed by atoms with Gasteiger partial charge >= 0.3 is 5.97 Å². The second kappa shape index (κ2) is 8.23. The first-order valence-electron chi connectivity index (χ1n) is 6.04. The van der Waals surface area contributed by atoms with E-state index in [1.54, 1.807) is 0 Å². The van der Waals surface area contributed by atoms with E-state index in [1.807, 2.05) is 0 Å². The molecule has 0 aliphatic rings. The number of rotatable bonds is 9. The van der Waals surface area contributed by atoms with Crippen LogP contribution >= 0.6 is 0 Å². The van der Waals surface area contributed by atoms with Crippen LogP contribution in [0.3, 0.4) is 0 Å². The summed E-state index contributed by atoms with van der Waals surface area (Å²) >= 11 is 0. The zero-order valence-electron chi connectivity index (χ0n) is 11.5. The molecule has 0 fully saturated rings. The number of hydrogen-bond donors (Lipinski definition) is 2. The number of hydrogen-bond acceptors (Lipinski definition) is 6. The highest BCUT2D eigenvalue weighted by atomic mass is 16.6. The Labute approximate surface area is 117 Å². The van der Waals surface area contributed by atoms with E-state index in [0.717, 1.165) is 0 Å². The van der Waals surface area contributed by atoms with Gasteiger partial charge in [0.05, 0.1) is 33.0 Å². The Kier molecular flexibility index (Phi) is 6.61. The zero-order valence-corrected chi connectivity index (χ0v) is 11.5. The van der Waals surface area contributed by atoms with Gasteiger partial charge in [0, 0.05) is 6.54 Å². The van der Waals surface area contributed by atoms with Crippen molar-refractivity contribution in [2.75, 3.05) is 40.6 Å². The molecule has 1 rings (SSSR count). The first kappa shape index (κ1) is 16.1. The van der Waals surface area contributed by atoms with Gasteiger partial charge in [-0.15, -0.1) is 0 Å². The molecule has 7 heteroatoms. The van der Waals surface area contributed by atoms with Gasteiger partial charge < -0.3 is 29.8 Å². The summed E-state index contributed by atoms with van der Waals surface area (Å²) in [5.41, 5.74) is 5.36. The maximum absolute atomic E-state index is 11.0. The van der Waals surface area contributed by atoms with Crippen LogP contribution in [0.2, 0.25) is 0 Å². The highest BCUT2D eigenvalue weighted by Crippen LogP contribution is 2.38. The fourth-order valence-electron chi connectivity index (χ4n) is 1.53. The van der Waals surface area contributed by atoms with Crippen molar-refractivity contribution in [3.05, 3.63) is 17.7 Å². The molecule has 20 heavy (non-hydrogen) atoms. The van der Waals surface area contributed by atoms with Crippen LogP contribution in [-0.4, -0.2) is 51.7 Å². The second-order valence-electron chi connectivity index (χ2n) is 3.76. The molecule has 0 aliphatic heterocycles. The molecule has 0 unspecified atom stereocenters. The molecule has 0 heterocycles. The summed E-state index contributed by atoms with van der Waals surface area (Å²) in [6.45, 7) is 1.54. The molecule has 0 saturated carbocycles. The van der Waals surface area contributed by atoms with Crippen LogP contribution in [0, 0.1) is 0 Å². The number of ether oxygens (including phenoxy) is 4.